The monoisotopic (exact) mass is 266 g/mol. The summed E-state index contributed by atoms with van der Waals surface area (Å²) in [7, 11) is 0. The van der Waals surface area contributed by atoms with Gasteiger partial charge in [-0.3, -0.25) is 4.79 Å². The Morgan fingerprint density at radius 1 is 1.11 bits per heavy atom. The molecule has 0 atom stereocenters. The molecule has 0 spiro atoms. The second kappa shape index (κ2) is 7.88. The number of nitrogens with zero attached hydrogens (tertiary/aromatic N) is 1. The maximum atomic E-state index is 11.6. The van der Waals surface area contributed by atoms with E-state index in [0.29, 0.717) is 12.5 Å². The van der Waals surface area contributed by atoms with E-state index < -0.39 is 0 Å². The zero-order chi connectivity index (χ0) is 13.5. The normalized spacial score (nSPS) is 23.4. The molecule has 1 N–H and O–H groups in total. The van der Waals surface area contributed by atoms with E-state index in [0.717, 1.165) is 25.2 Å². The molecule has 1 amide bonds. The SMILES string of the molecule is CCCC(=O)NC1CCN(CC2CCCCC2)CC1. The standard InChI is InChI=1S/C16H30N2O/c1-2-6-16(19)17-15-9-11-18(12-10-15)13-14-7-4-3-5-8-14/h14-15H,2-13H2,1H3,(H,17,19). The smallest absolute Gasteiger partial charge is 0.220 e. The number of nitrogens with one attached hydrogen (secondary N) is 1. The van der Waals surface area contributed by atoms with Gasteiger partial charge in [0.25, 0.3) is 0 Å². The minimum Gasteiger partial charge on any atom is -0.353 e. The molecule has 0 aromatic rings. The molecular weight excluding hydrogens is 236 g/mol. The van der Waals surface area contributed by atoms with Crippen LogP contribution in [-0.4, -0.2) is 36.5 Å². The van der Waals surface area contributed by atoms with Gasteiger partial charge in [-0.2, -0.15) is 0 Å². The van der Waals surface area contributed by atoms with E-state index in [9.17, 15) is 4.79 Å². The van der Waals surface area contributed by atoms with Crippen molar-refractivity contribution in [3.63, 3.8) is 0 Å². The van der Waals surface area contributed by atoms with Crippen LogP contribution in [0.15, 0.2) is 0 Å². The van der Waals surface area contributed by atoms with Crippen LogP contribution in [0.5, 0.6) is 0 Å². The van der Waals surface area contributed by atoms with E-state index in [1.54, 1.807) is 0 Å². The number of piperidine rings is 1. The molecule has 2 aliphatic rings. The van der Waals surface area contributed by atoms with E-state index in [4.69, 9.17) is 0 Å². The molecule has 3 nitrogen and oxygen atoms in total. The lowest BCUT2D eigenvalue weighted by atomic mass is 9.88. The van der Waals surface area contributed by atoms with Crippen LogP contribution in [0.2, 0.25) is 0 Å². The summed E-state index contributed by atoms with van der Waals surface area (Å²) >= 11 is 0. The van der Waals surface area contributed by atoms with Gasteiger partial charge in [0.1, 0.15) is 0 Å². The van der Waals surface area contributed by atoms with Gasteiger partial charge in [-0.15, -0.1) is 0 Å². The molecule has 1 aliphatic carbocycles. The van der Waals surface area contributed by atoms with Crippen LogP contribution >= 0.6 is 0 Å². The Hall–Kier alpha value is -0.570. The molecule has 0 bridgehead atoms. The van der Waals surface area contributed by atoms with Crippen molar-refractivity contribution in [1.29, 1.82) is 0 Å². The van der Waals surface area contributed by atoms with Crippen LogP contribution < -0.4 is 5.32 Å². The first-order valence-electron chi connectivity index (χ1n) is 8.29. The van der Waals surface area contributed by atoms with Gasteiger partial charge in [-0.05, 0) is 38.0 Å². The first-order chi connectivity index (χ1) is 9.28. The largest absolute Gasteiger partial charge is 0.353 e. The molecule has 1 heterocycles. The van der Waals surface area contributed by atoms with Crippen molar-refractivity contribution in [3.05, 3.63) is 0 Å². The van der Waals surface area contributed by atoms with Crippen LogP contribution in [-0.2, 0) is 4.79 Å². The van der Waals surface area contributed by atoms with Crippen molar-refractivity contribution < 1.29 is 4.79 Å². The zero-order valence-electron chi connectivity index (χ0n) is 12.5. The maximum Gasteiger partial charge on any atom is 0.220 e. The summed E-state index contributed by atoms with van der Waals surface area (Å²) in [6.07, 6.45) is 11.1. The lowest BCUT2D eigenvalue weighted by Crippen LogP contribution is -2.45. The predicted octanol–water partition coefficient (Wildman–Crippen LogP) is 2.95. The summed E-state index contributed by atoms with van der Waals surface area (Å²) in [6.45, 7) is 5.71. The van der Waals surface area contributed by atoms with Gasteiger partial charge < -0.3 is 10.2 Å². The molecule has 0 radical (unpaired) electrons. The highest BCUT2D eigenvalue weighted by Crippen LogP contribution is 2.25. The van der Waals surface area contributed by atoms with Crippen molar-refractivity contribution in [2.45, 2.75) is 70.8 Å². The Labute approximate surface area is 118 Å². The van der Waals surface area contributed by atoms with E-state index in [-0.39, 0.29) is 5.91 Å². The van der Waals surface area contributed by atoms with Crippen molar-refractivity contribution in [1.82, 2.24) is 10.2 Å². The van der Waals surface area contributed by atoms with Gasteiger partial charge in [0.15, 0.2) is 0 Å². The molecule has 2 rings (SSSR count). The molecule has 1 aliphatic heterocycles. The van der Waals surface area contributed by atoms with Gasteiger partial charge in [0.2, 0.25) is 5.91 Å². The van der Waals surface area contributed by atoms with Crippen molar-refractivity contribution in [2.24, 2.45) is 5.92 Å². The number of hydrogen-bond acceptors (Lipinski definition) is 2. The van der Waals surface area contributed by atoms with Crippen molar-refractivity contribution >= 4 is 5.91 Å². The fraction of sp³-hybridized carbons (Fsp3) is 0.938. The maximum absolute atomic E-state index is 11.6. The summed E-state index contributed by atoms with van der Waals surface area (Å²) in [4.78, 5) is 14.2. The third kappa shape index (κ3) is 5.13. The number of hydrogen-bond donors (Lipinski definition) is 1. The number of likely N-dealkylation sites (tertiary alicyclic amines) is 1. The van der Waals surface area contributed by atoms with Gasteiger partial charge in [0.05, 0.1) is 0 Å². The van der Waals surface area contributed by atoms with Crippen LogP contribution in [0.4, 0.5) is 0 Å². The predicted molar refractivity (Wildman–Crippen MR) is 79.1 cm³/mol. The van der Waals surface area contributed by atoms with E-state index in [1.165, 1.54) is 51.7 Å². The van der Waals surface area contributed by atoms with Crippen molar-refractivity contribution in [3.8, 4) is 0 Å². The number of carbonyl (C=O) groups is 1. The number of carbonyl (C=O) groups excluding carboxylic acids is 1. The lowest BCUT2D eigenvalue weighted by Gasteiger charge is -2.35. The Kier molecular flexibility index (Phi) is 6.15. The fourth-order valence-corrected chi connectivity index (χ4v) is 3.52. The summed E-state index contributed by atoms with van der Waals surface area (Å²) in [5.41, 5.74) is 0. The molecule has 110 valence electrons. The highest BCUT2D eigenvalue weighted by atomic mass is 16.1. The average molecular weight is 266 g/mol. The molecule has 1 saturated carbocycles. The van der Waals surface area contributed by atoms with Gasteiger partial charge in [0, 0.05) is 32.1 Å². The molecule has 1 saturated heterocycles. The summed E-state index contributed by atoms with van der Waals surface area (Å²) in [5, 5.41) is 3.18. The summed E-state index contributed by atoms with van der Waals surface area (Å²) in [6, 6.07) is 0.432. The molecule has 19 heavy (non-hydrogen) atoms. The van der Waals surface area contributed by atoms with E-state index >= 15 is 0 Å². The molecule has 2 fully saturated rings. The summed E-state index contributed by atoms with van der Waals surface area (Å²) in [5.74, 6) is 1.19. The summed E-state index contributed by atoms with van der Waals surface area (Å²) < 4.78 is 0. The molecular formula is C16H30N2O. The van der Waals surface area contributed by atoms with Gasteiger partial charge in [-0.25, -0.2) is 0 Å². The third-order valence-electron chi connectivity index (χ3n) is 4.67. The van der Waals surface area contributed by atoms with E-state index in [2.05, 4.69) is 17.1 Å². The molecule has 0 aromatic heterocycles. The zero-order valence-corrected chi connectivity index (χ0v) is 12.5. The Morgan fingerprint density at radius 3 is 2.42 bits per heavy atom. The second-order valence-corrected chi connectivity index (χ2v) is 6.40. The minimum atomic E-state index is 0.244. The lowest BCUT2D eigenvalue weighted by molar-refractivity contribution is -0.122. The first-order valence-corrected chi connectivity index (χ1v) is 8.29. The van der Waals surface area contributed by atoms with Crippen LogP contribution in [0.3, 0.4) is 0 Å². The molecule has 0 aromatic carbocycles. The Bertz CT molecular complexity index is 266. The fourth-order valence-electron chi connectivity index (χ4n) is 3.52. The topological polar surface area (TPSA) is 32.3 Å². The van der Waals surface area contributed by atoms with Crippen LogP contribution in [0.25, 0.3) is 0 Å². The highest BCUT2D eigenvalue weighted by molar-refractivity contribution is 5.76. The second-order valence-electron chi connectivity index (χ2n) is 6.40. The van der Waals surface area contributed by atoms with Crippen LogP contribution in [0, 0.1) is 5.92 Å². The van der Waals surface area contributed by atoms with Gasteiger partial charge >= 0.3 is 0 Å². The van der Waals surface area contributed by atoms with Crippen molar-refractivity contribution in [2.75, 3.05) is 19.6 Å². The Balaban J connectivity index is 1.63. The van der Waals surface area contributed by atoms with Gasteiger partial charge in [-0.1, -0.05) is 26.2 Å². The Morgan fingerprint density at radius 2 is 1.79 bits per heavy atom. The minimum absolute atomic E-state index is 0.244. The molecule has 3 heteroatoms. The third-order valence-corrected chi connectivity index (χ3v) is 4.67. The highest BCUT2D eigenvalue weighted by Gasteiger charge is 2.23. The molecule has 0 unspecified atom stereocenters. The van der Waals surface area contributed by atoms with E-state index in [1.807, 2.05) is 0 Å². The van der Waals surface area contributed by atoms with Crippen LogP contribution in [0.1, 0.15) is 64.7 Å². The number of rotatable bonds is 5. The first kappa shape index (κ1) is 14.8. The average Bonchev–Trinajstić information content (AvgIpc) is 2.42. The number of amides is 1. The quantitative estimate of drug-likeness (QED) is 0.830.